The zero-order chi connectivity index (χ0) is 21.8. The van der Waals surface area contributed by atoms with Gasteiger partial charge in [-0.15, -0.1) is 0 Å². The van der Waals surface area contributed by atoms with Crippen LogP contribution in [0.1, 0.15) is 27.2 Å². The van der Waals surface area contributed by atoms with Gasteiger partial charge in [0.05, 0.1) is 9.82 Å². The molecule has 0 fully saturated rings. The third kappa shape index (κ3) is 6.24. The number of nitro benzene ring substituents is 1. The number of sulfonamides is 1. The number of non-ortho nitro benzene ring substituents is 1. The highest BCUT2D eigenvalue weighted by Crippen LogP contribution is 2.27. The van der Waals surface area contributed by atoms with Crippen LogP contribution in [0.3, 0.4) is 0 Å². The number of nitrogens with one attached hydrogen (secondary N) is 2. The minimum atomic E-state index is -3.84. The number of halogens is 1. The van der Waals surface area contributed by atoms with Gasteiger partial charge >= 0.3 is 6.09 Å². The molecule has 156 valence electrons. The van der Waals surface area contributed by atoms with Crippen LogP contribution in [0, 0.1) is 10.1 Å². The maximum Gasteiger partial charge on any atom is 0.417 e. The molecule has 0 aliphatic rings. The number of hydrogen-bond acceptors (Lipinski definition) is 6. The number of anilines is 1. The Balaban J connectivity index is 2.16. The summed E-state index contributed by atoms with van der Waals surface area (Å²) in [7, 11) is -3.84. The van der Waals surface area contributed by atoms with Gasteiger partial charge in [-0.2, -0.15) is 0 Å². The summed E-state index contributed by atoms with van der Waals surface area (Å²) < 4.78 is 33.4. The molecule has 0 spiro atoms. The van der Waals surface area contributed by atoms with E-state index in [1.54, 1.807) is 13.8 Å². The standard InChI is InChI=1S/C18H20BrN3O6S/c1-4-18(2,3)21-29(26,27)16-11-12(5-10-15(16)19)20-17(23)28-14-8-6-13(7-9-14)22(24)25/h5-11,21H,4H2,1-3H3,(H,20,23). The van der Waals surface area contributed by atoms with Crippen molar-refractivity contribution < 1.29 is 22.9 Å². The molecule has 0 aliphatic carbocycles. The topological polar surface area (TPSA) is 128 Å². The fraction of sp³-hybridized carbons (Fsp3) is 0.278. The average Bonchev–Trinajstić information content (AvgIpc) is 2.62. The third-order valence-electron chi connectivity index (χ3n) is 4.02. The number of nitro groups is 1. The Morgan fingerprint density at radius 3 is 2.38 bits per heavy atom. The van der Waals surface area contributed by atoms with E-state index in [0.717, 1.165) is 0 Å². The molecule has 2 rings (SSSR count). The molecule has 0 saturated heterocycles. The number of carbonyl (C=O) groups is 1. The van der Waals surface area contributed by atoms with Crippen molar-refractivity contribution in [3.63, 3.8) is 0 Å². The van der Waals surface area contributed by atoms with E-state index in [-0.39, 0.29) is 22.0 Å². The van der Waals surface area contributed by atoms with Crippen molar-refractivity contribution in [2.24, 2.45) is 0 Å². The highest BCUT2D eigenvalue weighted by molar-refractivity contribution is 9.10. The molecule has 0 atom stereocenters. The number of nitrogens with zero attached hydrogens (tertiary/aromatic N) is 1. The molecule has 11 heteroatoms. The molecule has 0 radical (unpaired) electrons. The predicted molar refractivity (Wildman–Crippen MR) is 112 cm³/mol. The normalized spacial score (nSPS) is 11.7. The van der Waals surface area contributed by atoms with Crippen molar-refractivity contribution in [1.82, 2.24) is 4.72 Å². The lowest BCUT2D eigenvalue weighted by molar-refractivity contribution is -0.384. The average molecular weight is 486 g/mol. The summed E-state index contributed by atoms with van der Waals surface area (Å²) in [5, 5.41) is 13.1. The Kier molecular flexibility index (Phi) is 6.98. The second-order valence-electron chi connectivity index (χ2n) is 6.75. The van der Waals surface area contributed by atoms with Crippen LogP contribution < -0.4 is 14.8 Å². The van der Waals surface area contributed by atoms with Crippen molar-refractivity contribution >= 4 is 43.4 Å². The first-order valence-corrected chi connectivity index (χ1v) is 10.8. The predicted octanol–water partition coefficient (Wildman–Crippen LogP) is 4.44. The van der Waals surface area contributed by atoms with Crippen molar-refractivity contribution in [1.29, 1.82) is 0 Å². The van der Waals surface area contributed by atoms with E-state index in [2.05, 4.69) is 26.0 Å². The van der Waals surface area contributed by atoms with Crippen LogP contribution in [-0.4, -0.2) is 25.0 Å². The number of amides is 1. The lowest BCUT2D eigenvalue weighted by Gasteiger charge is -2.24. The third-order valence-corrected chi connectivity index (χ3v) is 6.71. The Morgan fingerprint density at radius 2 is 1.83 bits per heavy atom. The monoisotopic (exact) mass is 485 g/mol. The highest BCUT2D eigenvalue weighted by Gasteiger charge is 2.26. The zero-order valence-corrected chi connectivity index (χ0v) is 18.3. The SMILES string of the molecule is CCC(C)(C)NS(=O)(=O)c1cc(NC(=O)Oc2ccc([N+](=O)[O-])cc2)ccc1Br. The summed E-state index contributed by atoms with van der Waals surface area (Å²) >= 11 is 3.22. The van der Waals surface area contributed by atoms with Crippen molar-refractivity contribution in [3.8, 4) is 5.75 Å². The first-order chi connectivity index (χ1) is 13.4. The maximum atomic E-state index is 12.7. The first kappa shape index (κ1) is 22.8. The summed E-state index contributed by atoms with van der Waals surface area (Å²) in [6.07, 6.45) is -0.282. The molecular weight excluding hydrogens is 466 g/mol. The summed E-state index contributed by atoms with van der Waals surface area (Å²) in [6.45, 7) is 5.40. The Morgan fingerprint density at radius 1 is 1.21 bits per heavy atom. The molecule has 0 unspecified atom stereocenters. The molecule has 2 aromatic rings. The van der Waals surface area contributed by atoms with Gasteiger partial charge in [-0.05, 0) is 66.5 Å². The van der Waals surface area contributed by atoms with Crippen LogP contribution in [0.4, 0.5) is 16.2 Å². The molecule has 0 saturated carbocycles. The number of ether oxygens (including phenoxy) is 1. The number of hydrogen-bond donors (Lipinski definition) is 2. The van der Waals surface area contributed by atoms with Gasteiger partial charge in [0.25, 0.3) is 5.69 Å². The van der Waals surface area contributed by atoms with Crippen LogP contribution in [-0.2, 0) is 10.0 Å². The highest BCUT2D eigenvalue weighted by atomic mass is 79.9. The molecular formula is C18H20BrN3O6S. The largest absolute Gasteiger partial charge is 0.417 e. The fourth-order valence-corrected chi connectivity index (χ4v) is 4.64. The second-order valence-corrected chi connectivity index (χ2v) is 9.26. The lowest BCUT2D eigenvalue weighted by atomic mass is 10.0. The summed E-state index contributed by atoms with van der Waals surface area (Å²) in [4.78, 5) is 22.1. The van der Waals surface area contributed by atoms with E-state index in [9.17, 15) is 23.3 Å². The van der Waals surface area contributed by atoms with Crippen molar-refractivity contribution in [2.45, 2.75) is 37.6 Å². The second kappa shape index (κ2) is 8.89. The fourth-order valence-electron chi connectivity index (χ4n) is 2.16. The van der Waals surface area contributed by atoms with E-state index in [4.69, 9.17) is 4.74 Å². The Labute approximate surface area is 176 Å². The Hall–Kier alpha value is -2.50. The quantitative estimate of drug-likeness (QED) is 0.440. The minimum absolute atomic E-state index is 0.0350. The summed E-state index contributed by atoms with van der Waals surface area (Å²) in [6, 6.07) is 9.27. The van der Waals surface area contributed by atoms with Crippen molar-refractivity contribution in [3.05, 3.63) is 57.1 Å². The molecule has 0 heterocycles. The van der Waals surface area contributed by atoms with Crippen LogP contribution in [0.25, 0.3) is 0 Å². The van der Waals surface area contributed by atoms with Gasteiger partial charge in [0.2, 0.25) is 10.0 Å². The molecule has 2 N–H and O–H groups in total. The van der Waals surface area contributed by atoms with E-state index in [1.165, 1.54) is 42.5 Å². The number of rotatable bonds is 7. The van der Waals surface area contributed by atoms with Gasteiger partial charge in [0, 0.05) is 27.8 Å². The van der Waals surface area contributed by atoms with Crippen LogP contribution in [0.5, 0.6) is 5.75 Å². The number of benzene rings is 2. The number of carbonyl (C=O) groups excluding carboxylic acids is 1. The Bertz CT molecular complexity index is 1020. The molecule has 9 nitrogen and oxygen atoms in total. The molecule has 0 bridgehead atoms. The van der Waals surface area contributed by atoms with E-state index in [1.807, 2.05) is 6.92 Å². The molecule has 2 aromatic carbocycles. The van der Waals surface area contributed by atoms with E-state index >= 15 is 0 Å². The van der Waals surface area contributed by atoms with Gasteiger partial charge in [-0.1, -0.05) is 6.92 Å². The molecule has 0 aliphatic heterocycles. The zero-order valence-electron chi connectivity index (χ0n) is 15.9. The summed E-state index contributed by atoms with van der Waals surface area (Å²) in [5.74, 6) is 0.101. The van der Waals surface area contributed by atoms with Gasteiger partial charge in [0.1, 0.15) is 5.75 Å². The molecule has 0 aromatic heterocycles. The van der Waals surface area contributed by atoms with Gasteiger partial charge < -0.3 is 4.74 Å². The lowest BCUT2D eigenvalue weighted by Crippen LogP contribution is -2.42. The molecule has 29 heavy (non-hydrogen) atoms. The van der Waals surface area contributed by atoms with Crippen LogP contribution in [0.15, 0.2) is 51.8 Å². The van der Waals surface area contributed by atoms with E-state index < -0.39 is 26.6 Å². The van der Waals surface area contributed by atoms with Crippen molar-refractivity contribution in [2.75, 3.05) is 5.32 Å². The smallest absolute Gasteiger partial charge is 0.410 e. The molecule has 1 amide bonds. The summed E-state index contributed by atoms with van der Waals surface area (Å²) in [5.41, 5.74) is -0.575. The van der Waals surface area contributed by atoms with Gasteiger partial charge in [-0.3, -0.25) is 15.4 Å². The van der Waals surface area contributed by atoms with Crippen LogP contribution >= 0.6 is 15.9 Å². The van der Waals surface area contributed by atoms with Gasteiger partial charge in [0.15, 0.2) is 0 Å². The van der Waals surface area contributed by atoms with Gasteiger partial charge in [-0.25, -0.2) is 17.9 Å². The minimum Gasteiger partial charge on any atom is -0.410 e. The van der Waals surface area contributed by atoms with Crippen LogP contribution in [0.2, 0.25) is 0 Å². The van der Waals surface area contributed by atoms with E-state index in [0.29, 0.717) is 10.9 Å². The first-order valence-electron chi connectivity index (χ1n) is 8.50. The maximum absolute atomic E-state index is 12.7.